The number of aromatic nitrogens is 4. The van der Waals surface area contributed by atoms with E-state index in [9.17, 15) is 13.2 Å². The zero-order chi connectivity index (χ0) is 13.6. The highest BCUT2D eigenvalue weighted by Gasteiger charge is 2.30. The molecule has 0 saturated heterocycles. The summed E-state index contributed by atoms with van der Waals surface area (Å²) < 4.78 is 40.9. The first kappa shape index (κ1) is 11.8. The zero-order valence-electron chi connectivity index (χ0n) is 9.89. The van der Waals surface area contributed by atoms with E-state index >= 15 is 0 Å². The second-order valence-corrected chi connectivity index (χ2v) is 4.17. The summed E-state index contributed by atoms with van der Waals surface area (Å²) in [6, 6.07) is 2.36. The molecular formula is C12H9F3N4. The van der Waals surface area contributed by atoms with E-state index in [1.54, 1.807) is 24.0 Å². The van der Waals surface area contributed by atoms with Crippen LogP contribution in [0.1, 0.15) is 5.56 Å². The van der Waals surface area contributed by atoms with Gasteiger partial charge in [-0.3, -0.25) is 0 Å². The normalized spacial score (nSPS) is 12.2. The second kappa shape index (κ2) is 3.84. The molecule has 98 valence electrons. The molecule has 0 radical (unpaired) electrons. The molecule has 3 aromatic rings. The fraction of sp³-hybridized carbons (Fsp3) is 0.167. The minimum atomic E-state index is -4.36. The van der Waals surface area contributed by atoms with Crippen LogP contribution in [0, 0.1) is 0 Å². The number of nitrogens with zero attached hydrogens (tertiary/aromatic N) is 4. The van der Waals surface area contributed by atoms with Gasteiger partial charge < -0.3 is 8.97 Å². The summed E-state index contributed by atoms with van der Waals surface area (Å²) in [5.74, 6) is 0.609. The molecule has 0 saturated carbocycles. The molecule has 0 aromatic carbocycles. The van der Waals surface area contributed by atoms with Crippen molar-refractivity contribution in [2.24, 2.45) is 7.05 Å². The maximum absolute atomic E-state index is 12.6. The first-order chi connectivity index (χ1) is 8.95. The molecule has 4 nitrogen and oxygen atoms in total. The molecule has 0 aliphatic heterocycles. The molecule has 0 bridgehead atoms. The highest BCUT2D eigenvalue weighted by Crippen LogP contribution is 2.29. The Morgan fingerprint density at radius 2 is 1.95 bits per heavy atom. The lowest BCUT2D eigenvalue weighted by molar-refractivity contribution is -0.137. The van der Waals surface area contributed by atoms with Gasteiger partial charge in [0, 0.05) is 31.8 Å². The smallest absolute Gasteiger partial charge is 0.333 e. The minimum Gasteiger partial charge on any atom is -0.333 e. The van der Waals surface area contributed by atoms with E-state index in [0.717, 1.165) is 12.3 Å². The van der Waals surface area contributed by atoms with E-state index in [1.807, 2.05) is 0 Å². The van der Waals surface area contributed by atoms with E-state index in [4.69, 9.17) is 0 Å². The van der Waals surface area contributed by atoms with Gasteiger partial charge >= 0.3 is 6.18 Å². The van der Waals surface area contributed by atoms with Crippen molar-refractivity contribution in [2.75, 3.05) is 0 Å². The number of fused-ring (bicyclic) bond motifs is 1. The Bertz CT molecular complexity index is 739. The lowest BCUT2D eigenvalue weighted by Crippen LogP contribution is -2.05. The summed E-state index contributed by atoms with van der Waals surface area (Å²) in [7, 11) is 1.80. The zero-order valence-corrected chi connectivity index (χ0v) is 9.89. The molecule has 3 aromatic heterocycles. The quantitative estimate of drug-likeness (QED) is 0.679. The molecule has 0 atom stereocenters. The van der Waals surface area contributed by atoms with Gasteiger partial charge in [0.05, 0.1) is 5.56 Å². The lowest BCUT2D eigenvalue weighted by Gasteiger charge is -2.05. The third-order valence-electron chi connectivity index (χ3n) is 2.83. The van der Waals surface area contributed by atoms with Crippen molar-refractivity contribution in [3.63, 3.8) is 0 Å². The molecular weight excluding hydrogens is 257 g/mol. The van der Waals surface area contributed by atoms with Gasteiger partial charge in [-0.05, 0) is 12.1 Å². The van der Waals surface area contributed by atoms with E-state index in [0.29, 0.717) is 17.2 Å². The summed E-state index contributed by atoms with van der Waals surface area (Å²) in [6.07, 6.45) is 1.56. The molecule has 0 spiro atoms. The summed E-state index contributed by atoms with van der Waals surface area (Å²) in [6.45, 7) is 0. The molecule has 19 heavy (non-hydrogen) atoms. The number of imidazole rings is 2. The molecule has 0 aliphatic rings. The number of halogens is 3. The summed E-state index contributed by atoms with van der Waals surface area (Å²) >= 11 is 0. The highest BCUT2D eigenvalue weighted by atomic mass is 19.4. The first-order valence-electron chi connectivity index (χ1n) is 5.49. The molecule has 0 N–H and O–H groups in total. The van der Waals surface area contributed by atoms with Gasteiger partial charge in [-0.15, -0.1) is 0 Å². The standard InChI is InChI=1S/C12H9F3N4/c1-18-5-4-16-11(18)9-7-19-6-8(12(13,14)15)2-3-10(19)17-9/h2-7H,1H3. The first-order valence-corrected chi connectivity index (χ1v) is 5.49. The van der Waals surface area contributed by atoms with Crippen molar-refractivity contribution in [3.05, 3.63) is 42.5 Å². The number of aryl methyl sites for hydroxylation is 1. The van der Waals surface area contributed by atoms with E-state index in [-0.39, 0.29) is 0 Å². The van der Waals surface area contributed by atoms with Gasteiger partial charge in [-0.25, -0.2) is 9.97 Å². The monoisotopic (exact) mass is 266 g/mol. The summed E-state index contributed by atoms with van der Waals surface area (Å²) in [5, 5.41) is 0. The van der Waals surface area contributed by atoms with Crippen molar-refractivity contribution in [1.82, 2.24) is 18.9 Å². The van der Waals surface area contributed by atoms with Crippen LogP contribution in [-0.2, 0) is 13.2 Å². The van der Waals surface area contributed by atoms with Crippen LogP contribution in [0.2, 0.25) is 0 Å². The number of pyridine rings is 1. The third kappa shape index (κ3) is 1.96. The Morgan fingerprint density at radius 1 is 1.16 bits per heavy atom. The van der Waals surface area contributed by atoms with E-state index < -0.39 is 11.7 Å². The number of hydrogen-bond donors (Lipinski definition) is 0. The summed E-state index contributed by atoms with van der Waals surface area (Å²) in [4.78, 5) is 8.37. The fourth-order valence-corrected chi connectivity index (χ4v) is 1.88. The topological polar surface area (TPSA) is 35.1 Å². The van der Waals surface area contributed by atoms with Crippen LogP contribution in [0.15, 0.2) is 36.9 Å². The Hall–Kier alpha value is -2.31. The van der Waals surface area contributed by atoms with E-state index in [1.165, 1.54) is 16.7 Å². The fourth-order valence-electron chi connectivity index (χ4n) is 1.88. The second-order valence-electron chi connectivity index (χ2n) is 4.17. The third-order valence-corrected chi connectivity index (χ3v) is 2.83. The molecule has 0 aliphatic carbocycles. The summed E-state index contributed by atoms with van der Waals surface area (Å²) in [5.41, 5.74) is 0.279. The van der Waals surface area contributed by atoms with Crippen LogP contribution >= 0.6 is 0 Å². The van der Waals surface area contributed by atoms with Crippen LogP contribution in [0.4, 0.5) is 13.2 Å². The van der Waals surface area contributed by atoms with Gasteiger partial charge in [0.1, 0.15) is 11.3 Å². The predicted octanol–water partition coefficient (Wildman–Crippen LogP) is 2.75. The average Bonchev–Trinajstić information content (AvgIpc) is 2.91. The highest BCUT2D eigenvalue weighted by molar-refractivity contribution is 5.56. The van der Waals surface area contributed by atoms with Gasteiger partial charge in [0.15, 0.2) is 5.82 Å². The van der Waals surface area contributed by atoms with Gasteiger partial charge in [-0.2, -0.15) is 13.2 Å². The van der Waals surface area contributed by atoms with Gasteiger partial charge in [0.2, 0.25) is 0 Å². The Kier molecular flexibility index (Phi) is 2.38. The van der Waals surface area contributed by atoms with Crippen LogP contribution in [0.5, 0.6) is 0 Å². The van der Waals surface area contributed by atoms with Gasteiger partial charge in [-0.1, -0.05) is 0 Å². The number of rotatable bonds is 1. The lowest BCUT2D eigenvalue weighted by atomic mass is 10.3. The number of hydrogen-bond acceptors (Lipinski definition) is 2. The Morgan fingerprint density at radius 3 is 2.58 bits per heavy atom. The van der Waals surface area contributed by atoms with Crippen molar-refractivity contribution < 1.29 is 13.2 Å². The predicted molar refractivity (Wildman–Crippen MR) is 62.4 cm³/mol. The SMILES string of the molecule is Cn1ccnc1-c1cn2cc(C(F)(F)F)ccc2n1. The Labute approximate surface area is 106 Å². The van der Waals surface area contributed by atoms with Crippen LogP contribution < -0.4 is 0 Å². The van der Waals surface area contributed by atoms with Crippen LogP contribution in [-0.4, -0.2) is 18.9 Å². The molecule has 0 fully saturated rings. The van der Waals surface area contributed by atoms with Crippen molar-refractivity contribution in [3.8, 4) is 11.5 Å². The maximum atomic E-state index is 12.6. The van der Waals surface area contributed by atoms with Crippen molar-refractivity contribution >= 4 is 5.65 Å². The Balaban J connectivity index is 2.14. The largest absolute Gasteiger partial charge is 0.417 e. The van der Waals surface area contributed by atoms with Crippen LogP contribution in [0.3, 0.4) is 0 Å². The molecule has 0 amide bonds. The number of alkyl halides is 3. The van der Waals surface area contributed by atoms with E-state index in [2.05, 4.69) is 9.97 Å². The molecule has 7 heteroatoms. The molecule has 3 heterocycles. The van der Waals surface area contributed by atoms with Crippen molar-refractivity contribution in [2.45, 2.75) is 6.18 Å². The molecule has 3 rings (SSSR count). The maximum Gasteiger partial charge on any atom is 0.417 e. The van der Waals surface area contributed by atoms with Crippen molar-refractivity contribution in [1.29, 1.82) is 0 Å². The van der Waals surface area contributed by atoms with Crippen LogP contribution in [0.25, 0.3) is 17.2 Å². The molecule has 0 unspecified atom stereocenters. The van der Waals surface area contributed by atoms with Gasteiger partial charge in [0.25, 0.3) is 0 Å². The minimum absolute atomic E-state index is 0.450. The average molecular weight is 266 g/mol.